The third-order valence-corrected chi connectivity index (χ3v) is 5.75. The molecule has 32 heavy (non-hydrogen) atoms. The Kier molecular flexibility index (Phi) is 6.99. The Labute approximate surface area is 190 Å². The van der Waals surface area contributed by atoms with Crippen LogP contribution in [0, 0.1) is 0 Å². The van der Waals surface area contributed by atoms with E-state index >= 15 is 0 Å². The van der Waals surface area contributed by atoms with Crippen molar-refractivity contribution in [2.45, 2.75) is 12.8 Å². The number of pyridine rings is 1. The summed E-state index contributed by atoms with van der Waals surface area (Å²) in [4.78, 5) is 33.9. The number of hydrogen-bond acceptors (Lipinski definition) is 5. The molecule has 0 unspecified atom stereocenters. The van der Waals surface area contributed by atoms with E-state index in [4.69, 9.17) is 0 Å². The molecule has 2 aromatic carbocycles. The van der Waals surface area contributed by atoms with Gasteiger partial charge in [-0.05, 0) is 42.8 Å². The predicted molar refractivity (Wildman–Crippen MR) is 127 cm³/mol. The summed E-state index contributed by atoms with van der Waals surface area (Å²) < 4.78 is 0. The molecule has 4 aromatic rings. The van der Waals surface area contributed by atoms with Crippen LogP contribution in [0.15, 0.2) is 84.5 Å². The number of rotatable bonds is 8. The third kappa shape index (κ3) is 5.44. The smallest absolute Gasteiger partial charge is 0.255 e. The van der Waals surface area contributed by atoms with Gasteiger partial charge in [0, 0.05) is 41.9 Å². The number of anilines is 1. The zero-order valence-electron chi connectivity index (χ0n) is 17.3. The molecule has 4 rings (SSSR count). The van der Waals surface area contributed by atoms with Gasteiger partial charge in [0.25, 0.3) is 11.8 Å². The first-order valence-corrected chi connectivity index (χ1v) is 11.2. The number of nitrogens with zero attached hydrogens (tertiary/aromatic N) is 2. The van der Waals surface area contributed by atoms with Gasteiger partial charge in [0.1, 0.15) is 0 Å². The molecule has 0 aliphatic heterocycles. The first kappa shape index (κ1) is 21.4. The average molecular weight is 443 g/mol. The van der Waals surface area contributed by atoms with Crippen LogP contribution in [0.4, 0.5) is 5.69 Å². The number of nitrogens with one attached hydrogen (secondary N) is 2. The Morgan fingerprint density at radius 3 is 2.44 bits per heavy atom. The summed E-state index contributed by atoms with van der Waals surface area (Å²) in [5.41, 5.74) is 3.45. The van der Waals surface area contributed by atoms with E-state index in [1.807, 2.05) is 23.6 Å². The summed E-state index contributed by atoms with van der Waals surface area (Å²) in [6.07, 6.45) is 5.06. The number of amides is 2. The lowest BCUT2D eigenvalue weighted by Crippen LogP contribution is -2.26. The molecule has 0 saturated carbocycles. The van der Waals surface area contributed by atoms with Crippen LogP contribution in [0.25, 0.3) is 11.3 Å². The Morgan fingerprint density at radius 1 is 0.875 bits per heavy atom. The topological polar surface area (TPSA) is 84.0 Å². The van der Waals surface area contributed by atoms with Crippen molar-refractivity contribution in [1.29, 1.82) is 0 Å². The lowest BCUT2D eigenvalue weighted by molar-refractivity contribution is 0.0954. The van der Waals surface area contributed by atoms with E-state index in [9.17, 15) is 9.59 Å². The van der Waals surface area contributed by atoms with Crippen LogP contribution in [0.3, 0.4) is 0 Å². The number of carbonyl (C=O) groups excluding carboxylic acids is 2. The predicted octanol–water partition coefficient (Wildman–Crippen LogP) is 4.82. The zero-order chi connectivity index (χ0) is 22.2. The van der Waals surface area contributed by atoms with Crippen LogP contribution in [0.2, 0.25) is 0 Å². The summed E-state index contributed by atoms with van der Waals surface area (Å²) in [7, 11) is 0. The van der Waals surface area contributed by atoms with Gasteiger partial charge in [-0.1, -0.05) is 30.3 Å². The Bertz CT molecular complexity index is 1190. The number of aromatic nitrogens is 2. The molecule has 0 atom stereocenters. The quantitative estimate of drug-likeness (QED) is 0.383. The standard InChI is InChI=1S/C25H22N4O2S/c30-24(19-7-2-1-3-8-19)29-21-10-5-4-9-20(21)25(31)27-14-6-11-23-28-22(17-32-23)18-12-15-26-16-13-18/h1-5,7-10,12-13,15-17H,6,11,14H2,(H,27,31)(H,29,30). The molecule has 2 aromatic heterocycles. The summed E-state index contributed by atoms with van der Waals surface area (Å²) in [6, 6.07) is 19.8. The maximum atomic E-state index is 12.7. The second-order valence-corrected chi connectivity index (χ2v) is 8.03. The fraction of sp³-hybridized carbons (Fsp3) is 0.120. The van der Waals surface area contributed by atoms with E-state index in [1.165, 1.54) is 0 Å². The average Bonchev–Trinajstić information content (AvgIpc) is 3.32. The molecule has 0 radical (unpaired) electrons. The number of hydrogen-bond donors (Lipinski definition) is 2. The van der Waals surface area contributed by atoms with Crippen LogP contribution in [-0.4, -0.2) is 28.3 Å². The zero-order valence-corrected chi connectivity index (χ0v) is 18.1. The summed E-state index contributed by atoms with van der Waals surface area (Å²) in [6.45, 7) is 0.518. The largest absolute Gasteiger partial charge is 0.352 e. The maximum Gasteiger partial charge on any atom is 0.255 e. The summed E-state index contributed by atoms with van der Waals surface area (Å²) >= 11 is 1.62. The normalized spacial score (nSPS) is 10.5. The van der Waals surface area contributed by atoms with Crippen molar-refractivity contribution in [3.8, 4) is 11.3 Å². The minimum atomic E-state index is -0.250. The fourth-order valence-electron chi connectivity index (χ4n) is 3.19. The SMILES string of the molecule is O=C(Nc1ccccc1C(=O)NCCCc1nc(-c2ccncc2)cs1)c1ccccc1. The molecular weight excluding hydrogens is 420 g/mol. The van der Waals surface area contributed by atoms with E-state index in [2.05, 4.69) is 20.6 Å². The maximum absolute atomic E-state index is 12.7. The summed E-state index contributed by atoms with van der Waals surface area (Å²) in [5, 5.41) is 8.84. The van der Waals surface area contributed by atoms with E-state index in [0.29, 0.717) is 23.4 Å². The van der Waals surface area contributed by atoms with Gasteiger partial charge in [0.05, 0.1) is 22.0 Å². The molecule has 2 heterocycles. The second kappa shape index (κ2) is 10.5. The minimum Gasteiger partial charge on any atom is -0.352 e. The monoisotopic (exact) mass is 442 g/mol. The number of carbonyl (C=O) groups is 2. The molecule has 0 fully saturated rings. The van der Waals surface area contributed by atoms with Gasteiger partial charge >= 0.3 is 0 Å². The number of aryl methyl sites for hydroxylation is 1. The van der Waals surface area contributed by atoms with Crippen molar-refractivity contribution in [3.63, 3.8) is 0 Å². The van der Waals surface area contributed by atoms with Gasteiger partial charge in [0.2, 0.25) is 0 Å². The summed E-state index contributed by atoms with van der Waals surface area (Å²) in [5.74, 6) is -0.467. The highest BCUT2D eigenvalue weighted by Crippen LogP contribution is 2.22. The molecule has 0 saturated heterocycles. The lowest BCUT2D eigenvalue weighted by Gasteiger charge is -2.11. The van der Waals surface area contributed by atoms with Gasteiger partial charge in [-0.25, -0.2) is 4.98 Å². The van der Waals surface area contributed by atoms with Gasteiger partial charge in [-0.15, -0.1) is 11.3 Å². The van der Waals surface area contributed by atoms with Crippen LogP contribution in [-0.2, 0) is 6.42 Å². The van der Waals surface area contributed by atoms with E-state index in [0.717, 1.165) is 29.1 Å². The lowest BCUT2D eigenvalue weighted by atomic mass is 10.1. The number of thiazole rings is 1. The molecule has 160 valence electrons. The molecule has 7 heteroatoms. The molecule has 0 aliphatic carbocycles. The van der Waals surface area contributed by atoms with Gasteiger partial charge in [-0.2, -0.15) is 0 Å². The molecular formula is C25H22N4O2S. The molecule has 0 aliphatic rings. The highest BCUT2D eigenvalue weighted by atomic mass is 32.1. The Balaban J connectivity index is 1.30. The first-order valence-electron chi connectivity index (χ1n) is 10.3. The minimum absolute atomic E-state index is 0.217. The molecule has 2 amide bonds. The van der Waals surface area contributed by atoms with Gasteiger partial charge in [0.15, 0.2) is 0 Å². The van der Waals surface area contributed by atoms with Crippen molar-refractivity contribution in [1.82, 2.24) is 15.3 Å². The van der Waals surface area contributed by atoms with Crippen molar-refractivity contribution >= 4 is 28.8 Å². The molecule has 2 N–H and O–H groups in total. The van der Waals surface area contributed by atoms with Gasteiger partial charge < -0.3 is 10.6 Å². The number of para-hydroxylation sites is 1. The van der Waals surface area contributed by atoms with Crippen LogP contribution in [0.1, 0.15) is 32.1 Å². The van der Waals surface area contributed by atoms with Crippen LogP contribution < -0.4 is 10.6 Å². The first-order chi connectivity index (χ1) is 15.7. The van der Waals surface area contributed by atoms with Crippen molar-refractivity contribution in [2.75, 3.05) is 11.9 Å². The molecule has 6 nitrogen and oxygen atoms in total. The molecule has 0 spiro atoms. The van der Waals surface area contributed by atoms with Crippen molar-refractivity contribution in [3.05, 3.63) is 101 Å². The van der Waals surface area contributed by atoms with Gasteiger partial charge in [-0.3, -0.25) is 14.6 Å². The van der Waals surface area contributed by atoms with Crippen molar-refractivity contribution in [2.24, 2.45) is 0 Å². The Morgan fingerprint density at radius 2 is 1.62 bits per heavy atom. The van der Waals surface area contributed by atoms with E-state index in [-0.39, 0.29) is 11.8 Å². The van der Waals surface area contributed by atoms with E-state index < -0.39 is 0 Å². The van der Waals surface area contributed by atoms with Crippen LogP contribution in [0.5, 0.6) is 0 Å². The third-order valence-electron chi connectivity index (χ3n) is 4.84. The van der Waals surface area contributed by atoms with E-state index in [1.54, 1.807) is 72.3 Å². The fourth-order valence-corrected chi connectivity index (χ4v) is 4.04. The van der Waals surface area contributed by atoms with Crippen LogP contribution >= 0.6 is 11.3 Å². The Hall–Kier alpha value is -3.84. The highest BCUT2D eigenvalue weighted by Gasteiger charge is 2.14. The van der Waals surface area contributed by atoms with Crippen molar-refractivity contribution < 1.29 is 9.59 Å². The number of benzene rings is 2. The highest BCUT2D eigenvalue weighted by molar-refractivity contribution is 7.09. The second-order valence-electron chi connectivity index (χ2n) is 7.09. The molecule has 0 bridgehead atoms.